The van der Waals surface area contributed by atoms with Gasteiger partial charge in [0.25, 0.3) is 5.91 Å². The van der Waals surface area contributed by atoms with Crippen molar-refractivity contribution in [3.8, 4) is 0 Å². The first-order chi connectivity index (χ1) is 10.2. The summed E-state index contributed by atoms with van der Waals surface area (Å²) < 4.78 is 11.5. The minimum atomic E-state index is 0.0684. The third-order valence-corrected chi connectivity index (χ3v) is 4.33. The van der Waals surface area contributed by atoms with Crippen molar-refractivity contribution in [3.63, 3.8) is 0 Å². The second-order valence-corrected chi connectivity index (χ2v) is 5.87. The number of hydrogen-bond acceptors (Lipinski definition) is 4. The van der Waals surface area contributed by atoms with E-state index in [-0.39, 0.29) is 18.1 Å². The van der Waals surface area contributed by atoms with E-state index in [1.165, 1.54) is 0 Å². The van der Waals surface area contributed by atoms with E-state index in [2.05, 4.69) is 10.2 Å². The molecular formula is C15H23N3O3. The minimum Gasteiger partial charge on any atom is -0.376 e. The number of likely N-dealkylation sites (tertiary alicyclic amines) is 1. The lowest BCUT2D eigenvalue weighted by Gasteiger charge is -2.32. The molecule has 21 heavy (non-hydrogen) atoms. The highest BCUT2D eigenvalue weighted by Crippen LogP contribution is 2.19. The molecule has 6 heteroatoms. The summed E-state index contributed by atoms with van der Waals surface area (Å²) in [6, 6.07) is 0. The first-order valence-electron chi connectivity index (χ1n) is 7.76. The second-order valence-electron chi connectivity index (χ2n) is 5.87. The number of aromatic nitrogens is 2. The fraction of sp³-hybridized carbons (Fsp3) is 0.733. The normalized spacial score (nSPS) is 23.7. The van der Waals surface area contributed by atoms with E-state index < -0.39 is 0 Å². The first-order valence-corrected chi connectivity index (χ1v) is 7.76. The third-order valence-electron chi connectivity index (χ3n) is 4.33. The lowest BCUT2D eigenvalue weighted by Crippen LogP contribution is -2.41. The number of aromatic amines is 1. The van der Waals surface area contributed by atoms with Gasteiger partial charge in [0.15, 0.2) is 0 Å². The van der Waals surface area contributed by atoms with Crippen LogP contribution in [0.1, 0.15) is 41.7 Å². The van der Waals surface area contributed by atoms with Crippen molar-refractivity contribution in [2.24, 2.45) is 0 Å². The Hall–Kier alpha value is -1.40. The number of carbonyl (C=O) groups is 1. The van der Waals surface area contributed by atoms with Crippen molar-refractivity contribution in [2.45, 2.75) is 44.8 Å². The number of ether oxygens (including phenoxy) is 2. The Balaban J connectivity index is 1.44. The molecular weight excluding hydrogens is 270 g/mol. The van der Waals surface area contributed by atoms with Crippen molar-refractivity contribution in [3.05, 3.63) is 17.5 Å². The van der Waals surface area contributed by atoms with Crippen molar-refractivity contribution >= 4 is 5.91 Å². The first kappa shape index (κ1) is 14.5. The Kier molecular flexibility index (Phi) is 4.55. The second kappa shape index (κ2) is 6.58. The number of nitrogens with zero attached hydrogens (tertiary/aromatic N) is 2. The van der Waals surface area contributed by atoms with Crippen LogP contribution < -0.4 is 0 Å². The molecule has 1 amide bonds. The monoisotopic (exact) mass is 293 g/mol. The molecule has 116 valence electrons. The molecule has 1 aromatic heterocycles. The van der Waals surface area contributed by atoms with Gasteiger partial charge in [0.1, 0.15) is 0 Å². The molecule has 2 aliphatic heterocycles. The van der Waals surface area contributed by atoms with E-state index in [0.29, 0.717) is 12.2 Å². The molecule has 2 saturated heterocycles. The zero-order valence-electron chi connectivity index (χ0n) is 12.5. The van der Waals surface area contributed by atoms with Gasteiger partial charge in [0, 0.05) is 25.4 Å². The summed E-state index contributed by atoms with van der Waals surface area (Å²) >= 11 is 0. The van der Waals surface area contributed by atoms with Gasteiger partial charge in [-0.15, -0.1) is 0 Å². The molecule has 2 fully saturated rings. The van der Waals surface area contributed by atoms with Crippen LogP contribution in [0, 0.1) is 6.92 Å². The summed E-state index contributed by atoms with van der Waals surface area (Å²) in [4.78, 5) is 14.3. The molecule has 2 aliphatic rings. The van der Waals surface area contributed by atoms with E-state index >= 15 is 0 Å². The Morgan fingerprint density at radius 1 is 1.48 bits per heavy atom. The molecule has 6 nitrogen and oxygen atoms in total. The van der Waals surface area contributed by atoms with Gasteiger partial charge in [-0.05, 0) is 32.6 Å². The lowest BCUT2D eigenvalue weighted by molar-refractivity contribution is -0.0395. The third kappa shape index (κ3) is 3.44. The van der Waals surface area contributed by atoms with Crippen molar-refractivity contribution in [1.82, 2.24) is 15.1 Å². The van der Waals surface area contributed by atoms with Crippen LogP contribution >= 0.6 is 0 Å². The van der Waals surface area contributed by atoms with Gasteiger partial charge in [-0.1, -0.05) is 0 Å². The van der Waals surface area contributed by atoms with E-state index in [9.17, 15) is 4.79 Å². The van der Waals surface area contributed by atoms with Crippen LogP contribution in [-0.4, -0.2) is 59.5 Å². The summed E-state index contributed by atoms with van der Waals surface area (Å²) in [6.45, 7) is 4.93. The average molecular weight is 293 g/mol. The van der Waals surface area contributed by atoms with Crippen molar-refractivity contribution in [2.75, 3.05) is 26.3 Å². The molecule has 0 spiro atoms. The van der Waals surface area contributed by atoms with E-state index in [0.717, 1.165) is 51.1 Å². The van der Waals surface area contributed by atoms with Crippen LogP contribution in [0.4, 0.5) is 0 Å². The van der Waals surface area contributed by atoms with Crippen LogP contribution in [-0.2, 0) is 9.47 Å². The Morgan fingerprint density at radius 2 is 2.29 bits per heavy atom. The van der Waals surface area contributed by atoms with Gasteiger partial charge < -0.3 is 14.4 Å². The molecule has 0 radical (unpaired) electrons. The predicted molar refractivity (Wildman–Crippen MR) is 77.2 cm³/mol. The Morgan fingerprint density at radius 3 is 2.90 bits per heavy atom. The lowest BCUT2D eigenvalue weighted by atomic mass is 10.1. The smallest absolute Gasteiger partial charge is 0.257 e. The van der Waals surface area contributed by atoms with Gasteiger partial charge in [-0.3, -0.25) is 9.89 Å². The molecule has 1 atom stereocenters. The predicted octanol–water partition coefficient (Wildman–Crippen LogP) is 1.52. The molecule has 0 unspecified atom stereocenters. The number of aryl methyl sites for hydroxylation is 1. The zero-order chi connectivity index (χ0) is 14.7. The van der Waals surface area contributed by atoms with E-state index in [1.54, 1.807) is 6.20 Å². The molecule has 1 N–H and O–H groups in total. The highest BCUT2D eigenvalue weighted by Gasteiger charge is 2.26. The fourth-order valence-corrected chi connectivity index (χ4v) is 2.98. The molecule has 3 heterocycles. The Bertz CT molecular complexity index is 474. The summed E-state index contributed by atoms with van der Waals surface area (Å²) in [5.41, 5.74) is 1.51. The fourth-order valence-electron chi connectivity index (χ4n) is 2.98. The molecule has 1 aromatic rings. The van der Waals surface area contributed by atoms with Crippen LogP contribution in [0.25, 0.3) is 0 Å². The molecule has 0 bridgehead atoms. The Labute approximate surface area is 124 Å². The topological polar surface area (TPSA) is 67.5 Å². The number of rotatable bonds is 4. The number of carbonyl (C=O) groups excluding carboxylic acids is 1. The van der Waals surface area contributed by atoms with Crippen molar-refractivity contribution in [1.29, 1.82) is 0 Å². The van der Waals surface area contributed by atoms with Gasteiger partial charge in [-0.25, -0.2) is 0 Å². The molecule has 0 aliphatic carbocycles. The molecule has 3 rings (SSSR count). The maximum absolute atomic E-state index is 12.4. The van der Waals surface area contributed by atoms with Crippen LogP contribution in [0.3, 0.4) is 0 Å². The largest absolute Gasteiger partial charge is 0.376 e. The van der Waals surface area contributed by atoms with E-state index in [4.69, 9.17) is 9.47 Å². The molecule has 0 aromatic carbocycles. The highest BCUT2D eigenvalue weighted by atomic mass is 16.5. The SMILES string of the molecule is Cc1[nH]ncc1C(=O)N1CCC(OC[C@H]2CCCO2)CC1. The summed E-state index contributed by atoms with van der Waals surface area (Å²) in [5.74, 6) is 0.0684. The van der Waals surface area contributed by atoms with Gasteiger partial charge in [-0.2, -0.15) is 5.10 Å². The van der Waals surface area contributed by atoms with Crippen LogP contribution in [0.15, 0.2) is 6.20 Å². The van der Waals surface area contributed by atoms with Gasteiger partial charge in [0.2, 0.25) is 0 Å². The standard InChI is InChI=1S/C15H23N3O3/c1-11-14(9-16-17-11)15(19)18-6-4-12(5-7-18)21-10-13-3-2-8-20-13/h9,12-13H,2-8,10H2,1H3,(H,16,17)/t13-/m1/s1. The minimum absolute atomic E-state index is 0.0684. The number of hydrogen-bond donors (Lipinski definition) is 1. The van der Waals surface area contributed by atoms with Gasteiger partial charge >= 0.3 is 0 Å². The maximum Gasteiger partial charge on any atom is 0.257 e. The summed E-state index contributed by atoms with van der Waals surface area (Å²) in [6.07, 6.45) is 6.19. The maximum atomic E-state index is 12.4. The van der Waals surface area contributed by atoms with Crippen molar-refractivity contribution < 1.29 is 14.3 Å². The van der Waals surface area contributed by atoms with Gasteiger partial charge in [0.05, 0.1) is 30.6 Å². The quantitative estimate of drug-likeness (QED) is 0.914. The molecule has 0 saturated carbocycles. The zero-order valence-corrected chi connectivity index (χ0v) is 12.5. The number of nitrogens with one attached hydrogen (secondary N) is 1. The van der Waals surface area contributed by atoms with E-state index in [1.807, 2.05) is 11.8 Å². The van der Waals surface area contributed by atoms with Crippen LogP contribution in [0.5, 0.6) is 0 Å². The summed E-state index contributed by atoms with van der Waals surface area (Å²) in [7, 11) is 0. The van der Waals surface area contributed by atoms with Crippen LogP contribution in [0.2, 0.25) is 0 Å². The summed E-state index contributed by atoms with van der Waals surface area (Å²) in [5, 5.41) is 6.73. The number of piperidine rings is 1. The average Bonchev–Trinajstić information content (AvgIpc) is 3.16. The number of amides is 1. The highest BCUT2D eigenvalue weighted by molar-refractivity contribution is 5.95. The number of H-pyrrole nitrogens is 1.